The van der Waals surface area contributed by atoms with Gasteiger partial charge in [0.25, 0.3) is 0 Å². The van der Waals surface area contributed by atoms with Crippen molar-refractivity contribution in [3.8, 4) is 0 Å². The molecule has 94 valence electrons. The number of likely N-dealkylation sites (tertiary alicyclic amines) is 1. The minimum absolute atomic E-state index is 0.0627. The van der Waals surface area contributed by atoms with Gasteiger partial charge < -0.3 is 9.64 Å². The van der Waals surface area contributed by atoms with Crippen molar-refractivity contribution in [3.63, 3.8) is 0 Å². The van der Waals surface area contributed by atoms with Crippen molar-refractivity contribution in [2.75, 3.05) is 6.54 Å². The number of ether oxygens (including phenoxy) is 1. The molecule has 2 bridgehead atoms. The third-order valence-corrected chi connectivity index (χ3v) is 3.81. The molecule has 1 aromatic carbocycles. The number of fused-ring (bicyclic) bond motifs is 2. The van der Waals surface area contributed by atoms with E-state index in [1.54, 1.807) is 11.0 Å². The summed E-state index contributed by atoms with van der Waals surface area (Å²) in [5, 5.41) is 0.581. The molecule has 18 heavy (non-hydrogen) atoms. The van der Waals surface area contributed by atoms with Crippen LogP contribution in [0.1, 0.15) is 12.0 Å². The smallest absolute Gasteiger partial charge is 0.329 e. The molecule has 5 heteroatoms. The van der Waals surface area contributed by atoms with Gasteiger partial charge in [-0.25, -0.2) is 4.79 Å². The maximum atomic E-state index is 12.2. The van der Waals surface area contributed by atoms with Gasteiger partial charge in [-0.05, 0) is 11.6 Å². The lowest BCUT2D eigenvalue weighted by molar-refractivity contribution is -0.156. The highest BCUT2D eigenvalue weighted by Gasteiger charge is 2.48. The summed E-state index contributed by atoms with van der Waals surface area (Å²) in [6, 6.07) is 6.87. The van der Waals surface area contributed by atoms with E-state index in [0.717, 1.165) is 5.56 Å². The summed E-state index contributed by atoms with van der Waals surface area (Å²) >= 11 is 6.02. The van der Waals surface area contributed by atoms with Gasteiger partial charge in [0.05, 0.1) is 13.0 Å². The molecule has 2 atom stereocenters. The summed E-state index contributed by atoms with van der Waals surface area (Å²) in [6.07, 6.45) is 0.751. The molecule has 0 unspecified atom stereocenters. The molecule has 0 radical (unpaired) electrons. The Balaban J connectivity index is 1.73. The Morgan fingerprint density at radius 3 is 2.89 bits per heavy atom. The molecule has 3 rings (SSSR count). The number of hydrogen-bond acceptors (Lipinski definition) is 3. The summed E-state index contributed by atoms with van der Waals surface area (Å²) < 4.78 is 5.06. The number of morpholine rings is 1. The van der Waals surface area contributed by atoms with E-state index in [0.29, 0.717) is 18.0 Å². The Morgan fingerprint density at radius 1 is 1.44 bits per heavy atom. The minimum atomic E-state index is -0.384. The van der Waals surface area contributed by atoms with E-state index in [1.165, 1.54) is 0 Å². The van der Waals surface area contributed by atoms with Crippen LogP contribution in [0.5, 0.6) is 0 Å². The molecule has 4 nitrogen and oxygen atoms in total. The number of hydrogen-bond donors (Lipinski definition) is 0. The van der Waals surface area contributed by atoms with Crippen molar-refractivity contribution in [2.45, 2.75) is 25.0 Å². The minimum Gasteiger partial charge on any atom is -0.459 e. The van der Waals surface area contributed by atoms with Gasteiger partial charge in [-0.2, -0.15) is 0 Å². The Morgan fingerprint density at radius 2 is 2.22 bits per heavy atom. The van der Waals surface area contributed by atoms with Crippen LogP contribution in [0.3, 0.4) is 0 Å². The van der Waals surface area contributed by atoms with Crippen molar-refractivity contribution in [1.82, 2.24) is 4.90 Å². The molecule has 0 aromatic heterocycles. The molecule has 0 N–H and O–H groups in total. The summed E-state index contributed by atoms with van der Waals surface area (Å²) in [5.41, 5.74) is 0.792. The molecule has 1 aromatic rings. The topological polar surface area (TPSA) is 46.6 Å². The van der Waals surface area contributed by atoms with E-state index in [9.17, 15) is 9.59 Å². The summed E-state index contributed by atoms with van der Waals surface area (Å²) in [6.45, 7) is 0.514. The van der Waals surface area contributed by atoms with Gasteiger partial charge in [0.1, 0.15) is 12.1 Å². The standard InChI is InChI=1S/C13H12ClNO3/c14-10-4-2-1-3-8(10)5-12(16)15-7-9-6-11(15)13(17)18-9/h1-4,9,11H,5-7H2/t9-,11-/m1/s1. The second-order valence-corrected chi connectivity index (χ2v) is 5.03. The molecule has 2 fully saturated rings. The predicted molar refractivity (Wildman–Crippen MR) is 65.2 cm³/mol. The zero-order chi connectivity index (χ0) is 12.7. The average molecular weight is 266 g/mol. The largest absolute Gasteiger partial charge is 0.459 e. The van der Waals surface area contributed by atoms with Crippen molar-refractivity contribution in [2.24, 2.45) is 0 Å². The van der Waals surface area contributed by atoms with E-state index in [-0.39, 0.29) is 30.4 Å². The van der Waals surface area contributed by atoms with Crippen molar-refractivity contribution in [3.05, 3.63) is 34.9 Å². The third kappa shape index (κ3) is 1.86. The van der Waals surface area contributed by atoms with E-state index >= 15 is 0 Å². The van der Waals surface area contributed by atoms with Gasteiger partial charge in [0, 0.05) is 11.4 Å². The number of esters is 1. The first-order chi connectivity index (χ1) is 8.65. The van der Waals surface area contributed by atoms with Crippen LogP contribution in [0, 0.1) is 0 Å². The van der Waals surface area contributed by atoms with Gasteiger partial charge in [-0.3, -0.25) is 4.79 Å². The highest BCUT2D eigenvalue weighted by molar-refractivity contribution is 6.31. The van der Waals surface area contributed by atoms with Crippen LogP contribution in [-0.2, 0) is 20.7 Å². The van der Waals surface area contributed by atoms with Crippen LogP contribution in [0.25, 0.3) is 0 Å². The molecule has 2 saturated heterocycles. The molecular formula is C13H12ClNO3. The molecule has 0 spiro atoms. The van der Waals surface area contributed by atoms with E-state index in [4.69, 9.17) is 16.3 Å². The summed E-state index contributed by atoms with van der Waals surface area (Å²) in [7, 11) is 0. The number of halogens is 1. The normalized spacial score (nSPS) is 25.4. The van der Waals surface area contributed by atoms with E-state index < -0.39 is 0 Å². The average Bonchev–Trinajstić information content (AvgIpc) is 2.90. The zero-order valence-electron chi connectivity index (χ0n) is 9.64. The maximum absolute atomic E-state index is 12.2. The highest BCUT2D eigenvalue weighted by Crippen LogP contribution is 2.29. The lowest BCUT2D eigenvalue weighted by Crippen LogP contribution is -2.44. The molecule has 0 saturated carbocycles. The first kappa shape index (κ1) is 11.5. The number of amides is 1. The van der Waals surface area contributed by atoms with Gasteiger partial charge in [-0.15, -0.1) is 0 Å². The first-order valence-electron chi connectivity index (χ1n) is 5.88. The fraction of sp³-hybridized carbons (Fsp3) is 0.385. The van der Waals surface area contributed by atoms with Crippen LogP contribution < -0.4 is 0 Å². The Labute approximate surface area is 109 Å². The molecule has 2 aliphatic heterocycles. The summed E-state index contributed by atoms with van der Waals surface area (Å²) in [5.74, 6) is -0.342. The molecule has 2 heterocycles. The Hall–Kier alpha value is -1.55. The maximum Gasteiger partial charge on any atom is 0.329 e. The SMILES string of the molecule is O=C1O[C@@H]2C[C@H]1N(C(=O)Cc1ccccc1Cl)C2. The van der Waals surface area contributed by atoms with Crippen LogP contribution in [-0.4, -0.2) is 35.5 Å². The van der Waals surface area contributed by atoms with Gasteiger partial charge in [0.15, 0.2) is 0 Å². The molecule has 0 aliphatic carbocycles. The van der Waals surface area contributed by atoms with Gasteiger partial charge in [0.2, 0.25) is 5.91 Å². The number of nitrogens with zero attached hydrogens (tertiary/aromatic N) is 1. The van der Waals surface area contributed by atoms with Crippen molar-refractivity contribution < 1.29 is 14.3 Å². The quantitative estimate of drug-likeness (QED) is 0.760. The number of carbonyl (C=O) groups excluding carboxylic acids is 2. The lowest BCUT2D eigenvalue weighted by atomic mass is 10.1. The van der Waals surface area contributed by atoms with Crippen molar-refractivity contribution in [1.29, 1.82) is 0 Å². The lowest BCUT2D eigenvalue weighted by Gasteiger charge is -2.25. The van der Waals surface area contributed by atoms with E-state index in [2.05, 4.69) is 0 Å². The second-order valence-electron chi connectivity index (χ2n) is 4.62. The zero-order valence-corrected chi connectivity index (χ0v) is 10.4. The molecular weight excluding hydrogens is 254 g/mol. The number of benzene rings is 1. The third-order valence-electron chi connectivity index (χ3n) is 3.44. The van der Waals surface area contributed by atoms with Crippen LogP contribution >= 0.6 is 11.6 Å². The molecule has 1 amide bonds. The molecule has 2 aliphatic rings. The Kier molecular flexibility index (Phi) is 2.74. The number of carbonyl (C=O) groups is 2. The van der Waals surface area contributed by atoms with Crippen LogP contribution in [0.2, 0.25) is 5.02 Å². The number of rotatable bonds is 2. The van der Waals surface area contributed by atoms with Gasteiger partial charge >= 0.3 is 5.97 Å². The van der Waals surface area contributed by atoms with Crippen LogP contribution in [0.4, 0.5) is 0 Å². The highest BCUT2D eigenvalue weighted by atomic mass is 35.5. The van der Waals surface area contributed by atoms with Crippen LogP contribution in [0.15, 0.2) is 24.3 Å². The van der Waals surface area contributed by atoms with Crippen molar-refractivity contribution >= 4 is 23.5 Å². The summed E-state index contributed by atoms with van der Waals surface area (Å²) in [4.78, 5) is 25.2. The fourth-order valence-electron chi connectivity index (χ4n) is 2.53. The Bertz CT molecular complexity index is 517. The second kappa shape index (κ2) is 4.28. The monoisotopic (exact) mass is 265 g/mol. The fourth-order valence-corrected chi connectivity index (χ4v) is 2.73. The van der Waals surface area contributed by atoms with E-state index in [1.807, 2.05) is 18.2 Å². The van der Waals surface area contributed by atoms with Gasteiger partial charge in [-0.1, -0.05) is 29.8 Å². The first-order valence-corrected chi connectivity index (χ1v) is 6.26. The predicted octanol–water partition coefficient (Wildman–Crippen LogP) is 1.41.